The lowest BCUT2D eigenvalue weighted by Crippen LogP contribution is -2.27. The summed E-state index contributed by atoms with van der Waals surface area (Å²) in [5, 5.41) is 37.8. The lowest BCUT2D eigenvalue weighted by atomic mass is 10.2. The second-order valence-electron chi connectivity index (χ2n) is 10.6. The quantitative estimate of drug-likeness (QED) is 0.0507. The second-order valence-corrected chi connectivity index (χ2v) is 10.6. The van der Waals surface area contributed by atoms with Crippen LogP contribution < -0.4 is 10.6 Å². The summed E-state index contributed by atoms with van der Waals surface area (Å²) >= 11 is 0. The van der Waals surface area contributed by atoms with E-state index in [1.807, 2.05) is 34.6 Å². The minimum absolute atomic E-state index is 0.0418. The zero-order valence-electron chi connectivity index (χ0n) is 34.7. The monoisotopic (exact) mass is 834 g/mol. The van der Waals surface area contributed by atoms with E-state index in [2.05, 4.69) is 36.5 Å². The van der Waals surface area contributed by atoms with Crippen LogP contribution in [-0.4, -0.2) is 181 Å². The molecular weight excluding hydrogens is 764 g/mol. The molecule has 338 valence electrons. The van der Waals surface area contributed by atoms with Gasteiger partial charge >= 0.3 is 23.9 Å². The summed E-state index contributed by atoms with van der Waals surface area (Å²) in [4.78, 5) is 72.0. The van der Waals surface area contributed by atoms with Crippen molar-refractivity contribution in [3.8, 4) is 0 Å². The molecule has 0 aromatic heterocycles. The molecule has 0 rings (SSSR count). The fourth-order valence-corrected chi connectivity index (χ4v) is 2.88. The van der Waals surface area contributed by atoms with Crippen molar-refractivity contribution in [1.29, 1.82) is 0 Å². The Bertz CT molecular complexity index is 906. The van der Waals surface area contributed by atoms with Crippen LogP contribution in [0.5, 0.6) is 0 Å². The van der Waals surface area contributed by atoms with Crippen LogP contribution >= 0.6 is 0 Å². The molecule has 0 heterocycles. The molecule has 0 saturated carbocycles. The molecule has 21 heteroatoms. The lowest BCUT2D eigenvalue weighted by molar-refractivity contribution is -0.146. The summed E-state index contributed by atoms with van der Waals surface area (Å²) in [5.74, 6) is -3.89. The summed E-state index contributed by atoms with van der Waals surface area (Å²) in [6.07, 6.45) is 4.23. The summed E-state index contributed by atoms with van der Waals surface area (Å²) in [6.45, 7) is 15.6. The highest BCUT2D eigenvalue weighted by atomic mass is 16.6. The fraction of sp³-hybridized carbons (Fsp3) is 0.806. The van der Waals surface area contributed by atoms with Gasteiger partial charge in [-0.3, -0.25) is 14.4 Å². The summed E-state index contributed by atoms with van der Waals surface area (Å²) in [7, 11) is 0. The Morgan fingerprint density at radius 1 is 0.421 bits per heavy atom. The number of nitrogens with one attached hydrogen (secondary N) is 2. The Morgan fingerprint density at radius 3 is 1.07 bits per heavy atom. The zero-order chi connectivity index (χ0) is 44.4. The molecule has 0 spiro atoms. The number of aliphatic carboxylic acids is 4. The standard InChI is InChI=1S/C11H21NO4.C7H15NO.C6H10O6.2C6H12O4/c1-3-5-10(13)8-15-6-7-16-9-11(14)12-4-2;1-3-5-6-8-7(9)4-2;7-5(8)3-11-1-2-12-4-6(9)10;2*1-2-9-3-4-10-5-6(7)8/h3-9H2,1-2H3,(H,12,14);3-6H2,1-2H3,(H,8,9);1-4H2,(H,7,8)(H,9,10);2*2-5H2,1H3,(H,7,8). The van der Waals surface area contributed by atoms with Gasteiger partial charge in [0.05, 0.1) is 52.9 Å². The molecule has 0 fully saturated rings. The predicted molar refractivity (Wildman–Crippen MR) is 205 cm³/mol. The topological polar surface area (TPSA) is 298 Å². The van der Waals surface area contributed by atoms with Crippen LogP contribution in [0.25, 0.3) is 0 Å². The maximum absolute atomic E-state index is 11.0. The molecule has 0 unspecified atom stereocenters. The summed E-state index contributed by atoms with van der Waals surface area (Å²) in [6, 6.07) is 0. The number of unbranched alkanes of at least 4 members (excludes halogenated alkanes) is 1. The van der Waals surface area contributed by atoms with Gasteiger partial charge in [-0.2, -0.15) is 0 Å². The Kier molecular flexibility index (Phi) is 59.4. The van der Waals surface area contributed by atoms with Crippen LogP contribution in [0.2, 0.25) is 0 Å². The first-order chi connectivity index (χ1) is 27.2. The van der Waals surface area contributed by atoms with E-state index in [1.54, 1.807) is 0 Å². The van der Waals surface area contributed by atoms with E-state index in [-0.39, 0.29) is 57.2 Å². The number of rotatable bonds is 33. The number of hydrogen-bond acceptors (Lipinski definition) is 15. The van der Waals surface area contributed by atoms with Crippen molar-refractivity contribution in [2.24, 2.45) is 0 Å². The van der Waals surface area contributed by atoms with Gasteiger partial charge in [0.1, 0.15) is 39.6 Å². The molecule has 0 aromatic rings. The number of likely N-dealkylation sites (N-methyl/N-ethyl adjacent to an activating group) is 1. The Morgan fingerprint density at radius 2 is 0.772 bits per heavy atom. The number of amides is 2. The van der Waals surface area contributed by atoms with Crippen LogP contribution in [0.15, 0.2) is 0 Å². The molecule has 0 saturated heterocycles. The van der Waals surface area contributed by atoms with Gasteiger partial charge in [-0.1, -0.05) is 27.2 Å². The van der Waals surface area contributed by atoms with Gasteiger partial charge in [0.25, 0.3) is 0 Å². The van der Waals surface area contributed by atoms with Gasteiger partial charge in [0, 0.05) is 39.1 Å². The van der Waals surface area contributed by atoms with E-state index in [4.69, 9.17) is 39.4 Å². The fourth-order valence-electron chi connectivity index (χ4n) is 2.88. The van der Waals surface area contributed by atoms with Crippen LogP contribution in [0.4, 0.5) is 0 Å². The lowest BCUT2D eigenvalue weighted by Gasteiger charge is -2.05. The molecule has 57 heavy (non-hydrogen) atoms. The molecule has 6 N–H and O–H groups in total. The predicted octanol–water partition coefficient (Wildman–Crippen LogP) is 1.27. The van der Waals surface area contributed by atoms with E-state index in [1.165, 1.54) is 0 Å². The molecule has 0 aliphatic carbocycles. The summed E-state index contributed by atoms with van der Waals surface area (Å²) in [5.41, 5.74) is 0. The molecule has 0 radical (unpaired) electrons. The number of Topliss-reactive ketones (excluding diaryl/α,β-unsaturated/α-hetero) is 1. The van der Waals surface area contributed by atoms with Crippen molar-refractivity contribution in [2.45, 2.75) is 73.6 Å². The van der Waals surface area contributed by atoms with Gasteiger partial charge in [-0.15, -0.1) is 0 Å². The van der Waals surface area contributed by atoms with Gasteiger partial charge < -0.3 is 69.0 Å². The molecular formula is C36H70N2O19. The normalized spacial score (nSPS) is 9.72. The number of ketones is 1. The largest absolute Gasteiger partial charge is 0.480 e. The van der Waals surface area contributed by atoms with Gasteiger partial charge in [0.15, 0.2) is 5.78 Å². The molecule has 0 aromatic carbocycles. The van der Waals surface area contributed by atoms with E-state index in [0.29, 0.717) is 72.2 Å². The molecule has 2 amide bonds. The van der Waals surface area contributed by atoms with E-state index in [9.17, 15) is 33.6 Å². The Labute approximate surface area is 336 Å². The Hall–Kier alpha value is -3.83. The number of carboxylic acid groups (broad SMARTS) is 4. The second kappa shape index (κ2) is 54.3. The van der Waals surface area contributed by atoms with Gasteiger partial charge in [0.2, 0.25) is 11.8 Å². The first-order valence-electron chi connectivity index (χ1n) is 18.7. The SMILES string of the molecule is CCCC(=O)COCCOCC(=O)NCC.CCCCNC(=O)CC.CCOCCOCC(=O)O.CCOCCOCC(=O)O.O=C(O)COCCOCC(=O)O. The number of carbonyl (C=O) groups is 7. The molecule has 0 atom stereocenters. The Balaban J connectivity index is -0.000000201. The van der Waals surface area contributed by atoms with Crippen LogP contribution in [0, 0.1) is 0 Å². The van der Waals surface area contributed by atoms with Crippen molar-refractivity contribution in [3.05, 3.63) is 0 Å². The van der Waals surface area contributed by atoms with Gasteiger partial charge in [-0.05, 0) is 33.6 Å². The smallest absolute Gasteiger partial charge is 0.329 e. The maximum atomic E-state index is 11.0. The minimum Gasteiger partial charge on any atom is -0.480 e. The molecule has 0 aliphatic heterocycles. The van der Waals surface area contributed by atoms with Crippen molar-refractivity contribution in [3.63, 3.8) is 0 Å². The molecule has 0 aliphatic rings. The van der Waals surface area contributed by atoms with Crippen LogP contribution in [0.1, 0.15) is 73.6 Å². The minimum atomic E-state index is -1.06. The van der Waals surface area contributed by atoms with E-state index in [0.717, 1.165) is 25.8 Å². The highest BCUT2D eigenvalue weighted by molar-refractivity contribution is 5.79. The molecule has 0 bridgehead atoms. The number of ether oxygens (including phenoxy) is 8. The van der Waals surface area contributed by atoms with Crippen molar-refractivity contribution in [1.82, 2.24) is 10.6 Å². The van der Waals surface area contributed by atoms with Crippen LogP contribution in [-0.2, 0) is 71.5 Å². The van der Waals surface area contributed by atoms with E-state index >= 15 is 0 Å². The highest BCUT2D eigenvalue weighted by Crippen LogP contribution is 1.90. The average Bonchev–Trinajstić information content (AvgIpc) is 3.15. The third-order valence-electron chi connectivity index (χ3n) is 5.37. The third-order valence-corrected chi connectivity index (χ3v) is 5.37. The zero-order valence-corrected chi connectivity index (χ0v) is 34.7. The van der Waals surface area contributed by atoms with E-state index < -0.39 is 37.1 Å². The number of carbonyl (C=O) groups excluding carboxylic acids is 3. The number of carboxylic acids is 4. The third kappa shape index (κ3) is 77.5. The van der Waals surface area contributed by atoms with Crippen LogP contribution in [0.3, 0.4) is 0 Å². The first kappa shape index (κ1) is 62.4. The molecule has 21 nitrogen and oxygen atoms in total. The maximum Gasteiger partial charge on any atom is 0.329 e. The van der Waals surface area contributed by atoms with Crippen molar-refractivity contribution < 1.29 is 91.9 Å². The first-order valence-corrected chi connectivity index (χ1v) is 18.7. The van der Waals surface area contributed by atoms with Gasteiger partial charge in [-0.25, -0.2) is 19.2 Å². The average molecular weight is 835 g/mol. The van der Waals surface area contributed by atoms with Crippen molar-refractivity contribution in [2.75, 3.05) is 119 Å². The summed E-state index contributed by atoms with van der Waals surface area (Å²) < 4.78 is 38.4. The van der Waals surface area contributed by atoms with Crippen molar-refractivity contribution >= 4 is 41.5 Å². The number of hydrogen-bond donors (Lipinski definition) is 6. The highest BCUT2D eigenvalue weighted by Gasteiger charge is 2.02.